The maximum absolute atomic E-state index is 11.8. The first kappa shape index (κ1) is 18.7. The van der Waals surface area contributed by atoms with Crippen LogP contribution in [-0.2, 0) is 9.53 Å². The van der Waals surface area contributed by atoms with Gasteiger partial charge < -0.3 is 15.8 Å². The Morgan fingerprint density at radius 3 is 2.63 bits per heavy atom. The molecular weight excluding hydrogens is 264 g/mol. The summed E-state index contributed by atoms with van der Waals surface area (Å²) in [6, 6.07) is 0.171. The number of nitrogens with one attached hydrogen (secondary N) is 1. The van der Waals surface area contributed by atoms with Crippen LogP contribution in [0.25, 0.3) is 0 Å². The molecule has 0 aromatic rings. The van der Waals surface area contributed by atoms with Gasteiger partial charge in [0.1, 0.15) is 0 Å². The van der Waals surface area contributed by atoms with E-state index in [9.17, 15) is 4.79 Å². The van der Waals surface area contributed by atoms with Crippen molar-refractivity contribution in [2.45, 2.75) is 57.9 Å². The molecule has 1 saturated carbocycles. The number of halogens is 1. The number of carbonyl (C=O) groups is 1. The molecule has 1 rings (SSSR count). The highest BCUT2D eigenvalue weighted by Crippen LogP contribution is 2.26. The quantitative estimate of drug-likeness (QED) is 0.675. The van der Waals surface area contributed by atoms with Crippen molar-refractivity contribution < 1.29 is 9.53 Å². The van der Waals surface area contributed by atoms with Gasteiger partial charge in [-0.05, 0) is 32.1 Å². The molecule has 1 fully saturated rings. The lowest BCUT2D eigenvalue weighted by Gasteiger charge is -2.30. The van der Waals surface area contributed by atoms with Gasteiger partial charge >= 0.3 is 0 Å². The van der Waals surface area contributed by atoms with E-state index in [2.05, 4.69) is 5.32 Å². The Morgan fingerprint density at radius 2 is 2.05 bits per heavy atom. The summed E-state index contributed by atoms with van der Waals surface area (Å²) in [5, 5.41) is 3.09. The molecule has 3 N–H and O–H groups in total. The molecule has 0 heterocycles. The summed E-state index contributed by atoms with van der Waals surface area (Å²) in [4.78, 5) is 11.8. The summed E-state index contributed by atoms with van der Waals surface area (Å²) in [5.41, 5.74) is 5.79. The largest absolute Gasteiger partial charge is 0.382 e. The average molecular weight is 293 g/mol. The summed E-state index contributed by atoms with van der Waals surface area (Å²) >= 11 is 0. The van der Waals surface area contributed by atoms with Gasteiger partial charge in [-0.25, -0.2) is 0 Å². The number of rotatable bonds is 8. The number of ether oxygens (including phenoxy) is 1. The van der Waals surface area contributed by atoms with Gasteiger partial charge in [-0.1, -0.05) is 19.3 Å². The maximum atomic E-state index is 11.8. The molecule has 5 heteroatoms. The number of hydrogen-bond donors (Lipinski definition) is 2. The van der Waals surface area contributed by atoms with Crippen LogP contribution in [0.5, 0.6) is 0 Å². The van der Waals surface area contributed by atoms with Crippen LogP contribution in [0, 0.1) is 5.92 Å². The summed E-state index contributed by atoms with van der Waals surface area (Å²) in [5.74, 6) is 0.704. The fourth-order valence-corrected chi connectivity index (χ4v) is 2.66. The van der Waals surface area contributed by atoms with Crippen LogP contribution in [0.3, 0.4) is 0 Å². The van der Waals surface area contributed by atoms with Crippen LogP contribution in [0.2, 0.25) is 0 Å². The molecule has 0 spiro atoms. The van der Waals surface area contributed by atoms with Crippen LogP contribution in [-0.4, -0.2) is 31.7 Å². The first-order valence-electron chi connectivity index (χ1n) is 7.35. The first-order valence-corrected chi connectivity index (χ1v) is 7.35. The number of carbonyl (C=O) groups excluding carboxylic acids is 1. The second kappa shape index (κ2) is 11.5. The Balaban J connectivity index is 0.00000324. The molecule has 4 nitrogen and oxygen atoms in total. The Morgan fingerprint density at radius 1 is 1.37 bits per heavy atom. The van der Waals surface area contributed by atoms with E-state index in [1.54, 1.807) is 0 Å². The van der Waals surface area contributed by atoms with Crippen molar-refractivity contribution in [1.29, 1.82) is 0 Å². The van der Waals surface area contributed by atoms with Gasteiger partial charge in [-0.3, -0.25) is 4.79 Å². The Labute approximate surface area is 123 Å². The first-order chi connectivity index (χ1) is 8.77. The number of amides is 1. The van der Waals surface area contributed by atoms with Crippen molar-refractivity contribution in [2.24, 2.45) is 11.7 Å². The zero-order valence-corrected chi connectivity index (χ0v) is 12.8. The standard InChI is InChI=1S/C14H28N2O2.ClH/c1-2-18-10-6-9-14(17)16-13(11-15)12-7-4-3-5-8-12;/h12-13H,2-11,15H2,1H3,(H,16,17);1H. The van der Waals surface area contributed by atoms with Gasteiger partial charge in [0.25, 0.3) is 0 Å². The average Bonchev–Trinajstić information content (AvgIpc) is 2.42. The summed E-state index contributed by atoms with van der Waals surface area (Å²) in [6.07, 6.45) is 7.64. The number of hydrogen-bond acceptors (Lipinski definition) is 3. The molecular formula is C14H29ClN2O2. The van der Waals surface area contributed by atoms with E-state index >= 15 is 0 Å². The van der Waals surface area contributed by atoms with E-state index in [4.69, 9.17) is 10.5 Å². The van der Waals surface area contributed by atoms with Crippen LogP contribution in [0.15, 0.2) is 0 Å². The van der Waals surface area contributed by atoms with E-state index in [0.29, 0.717) is 25.5 Å². The Kier molecular flexibility index (Phi) is 11.3. The molecule has 1 unspecified atom stereocenters. The molecule has 1 atom stereocenters. The lowest BCUT2D eigenvalue weighted by molar-refractivity contribution is -0.122. The summed E-state index contributed by atoms with van der Waals surface area (Å²) in [6.45, 7) is 3.91. The van der Waals surface area contributed by atoms with Gasteiger partial charge in [0.05, 0.1) is 0 Å². The minimum absolute atomic E-state index is 0. The van der Waals surface area contributed by atoms with Crippen LogP contribution >= 0.6 is 12.4 Å². The smallest absolute Gasteiger partial charge is 0.220 e. The van der Waals surface area contributed by atoms with Crippen molar-refractivity contribution in [3.05, 3.63) is 0 Å². The van der Waals surface area contributed by atoms with E-state index < -0.39 is 0 Å². The molecule has 1 amide bonds. The third kappa shape index (κ3) is 7.75. The molecule has 0 aliphatic heterocycles. The Hall–Kier alpha value is -0.320. The third-order valence-corrected chi connectivity index (χ3v) is 3.72. The molecule has 0 aromatic carbocycles. The molecule has 1 aliphatic rings. The second-order valence-corrected chi connectivity index (χ2v) is 5.11. The topological polar surface area (TPSA) is 64.3 Å². The predicted molar refractivity (Wildman–Crippen MR) is 80.5 cm³/mol. The van der Waals surface area contributed by atoms with E-state index in [-0.39, 0.29) is 24.4 Å². The van der Waals surface area contributed by atoms with Gasteiger partial charge in [0.2, 0.25) is 5.91 Å². The molecule has 0 radical (unpaired) electrons. The van der Waals surface area contributed by atoms with Crippen molar-refractivity contribution in [1.82, 2.24) is 5.32 Å². The molecule has 0 aromatic heterocycles. The maximum Gasteiger partial charge on any atom is 0.220 e. The molecule has 114 valence electrons. The van der Waals surface area contributed by atoms with Gasteiger partial charge in [-0.2, -0.15) is 0 Å². The minimum Gasteiger partial charge on any atom is -0.382 e. The highest BCUT2D eigenvalue weighted by Gasteiger charge is 2.23. The van der Waals surface area contributed by atoms with E-state index in [1.807, 2.05) is 6.92 Å². The van der Waals surface area contributed by atoms with Crippen LogP contribution < -0.4 is 11.1 Å². The lowest BCUT2D eigenvalue weighted by Crippen LogP contribution is -2.45. The molecule has 0 saturated heterocycles. The van der Waals surface area contributed by atoms with Gasteiger partial charge in [0, 0.05) is 32.2 Å². The van der Waals surface area contributed by atoms with Gasteiger partial charge in [0.15, 0.2) is 0 Å². The molecule has 19 heavy (non-hydrogen) atoms. The molecule has 1 aliphatic carbocycles. The zero-order valence-electron chi connectivity index (χ0n) is 12.0. The summed E-state index contributed by atoms with van der Waals surface area (Å²) < 4.78 is 5.23. The zero-order chi connectivity index (χ0) is 13.2. The highest BCUT2D eigenvalue weighted by atomic mass is 35.5. The van der Waals surface area contributed by atoms with E-state index in [0.717, 1.165) is 13.0 Å². The molecule has 0 bridgehead atoms. The monoisotopic (exact) mass is 292 g/mol. The normalized spacial score (nSPS) is 17.6. The highest BCUT2D eigenvalue weighted by molar-refractivity contribution is 5.85. The fourth-order valence-electron chi connectivity index (χ4n) is 2.66. The number of nitrogens with two attached hydrogens (primary N) is 1. The van der Waals surface area contributed by atoms with Crippen LogP contribution in [0.1, 0.15) is 51.9 Å². The van der Waals surface area contributed by atoms with E-state index in [1.165, 1.54) is 32.1 Å². The van der Waals surface area contributed by atoms with Crippen LogP contribution in [0.4, 0.5) is 0 Å². The Bertz CT molecular complexity index is 233. The minimum atomic E-state index is 0. The second-order valence-electron chi connectivity index (χ2n) is 5.11. The summed E-state index contributed by atoms with van der Waals surface area (Å²) in [7, 11) is 0. The van der Waals surface area contributed by atoms with Crippen molar-refractivity contribution in [3.63, 3.8) is 0 Å². The van der Waals surface area contributed by atoms with Gasteiger partial charge in [-0.15, -0.1) is 12.4 Å². The fraction of sp³-hybridized carbons (Fsp3) is 0.929. The predicted octanol–water partition coefficient (Wildman–Crippen LogP) is 2.25. The van der Waals surface area contributed by atoms with Crippen molar-refractivity contribution in [3.8, 4) is 0 Å². The van der Waals surface area contributed by atoms with Crippen molar-refractivity contribution in [2.75, 3.05) is 19.8 Å². The van der Waals surface area contributed by atoms with Crippen molar-refractivity contribution >= 4 is 18.3 Å². The third-order valence-electron chi connectivity index (χ3n) is 3.72. The lowest BCUT2D eigenvalue weighted by atomic mass is 9.84. The SMILES string of the molecule is CCOCCCC(=O)NC(CN)C1CCCCC1.Cl.